The molecule has 1 amide bonds. The van der Waals surface area contributed by atoms with E-state index in [4.69, 9.17) is 28.1 Å². The van der Waals surface area contributed by atoms with Gasteiger partial charge in [0.15, 0.2) is 5.82 Å². The monoisotopic (exact) mass is 644 g/mol. The summed E-state index contributed by atoms with van der Waals surface area (Å²) in [6.07, 6.45) is 9.19. The fourth-order valence-corrected chi connectivity index (χ4v) is 3.91. The highest BCUT2D eigenvalue weighted by Crippen LogP contribution is 2.26. The number of furan rings is 1. The Bertz CT molecular complexity index is 1250. The lowest BCUT2D eigenvalue weighted by atomic mass is 10.1. The summed E-state index contributed by atoms with van der Waals surface area (Å²) < 4.78 is 34.2. The van der Waals surface area contributed by atoms with Crippen LogP contribution in [0.3, 0.4) is 0 Å². The molecule has 0 bridgehead atoms. The average Bonchev–Trinajstić information content (AvgIpc) is 3.85. The van der Waals surface area contributed by atoms with Gasteiger partial charge in [-0.2, -0.15) is 0 Å². The second-order valence-corrected chi connectivity index (χ2v) is 10.6. The molecule has 15 nitrogen and oxygen atoms in total. The van der Waals surface area contributed by atoms with Crippen molar-refractivity contribution in [3.63, 3.8) is 0 Å². The van der Waals surface area contributed by atoms with Gasteiger partial charge in [-0.05, 0) is 24.5 Å². The number of fused-ring (bicyclic) bond motifs is 1. The number of carbonyl (C=O) groups is 1. The van der Waals surface area contributed by atoms with Crippen LogP contribution >= 0.6 is 0 Å². The fraction of sp³-hybridized carbons (Fsp3) is 0.613. The molecule has 3 aromatic rings. The molecule has 4 rings (SSSR count). The first-order valence-corrected chi connectivity index (χ1v) is 15.7. The molecule has 4 heterocycles. The van der Waals surface area contributed by atoms with E-state index < -0.39 is 0 Å². The van der Waals surface area contributed by atoms with E-state index in [0.29, 0.717) is 85.0 Å². The number of aromatic nitrogens is 5. The quantitative estimate of drug-likeness (QED) is 0.145. The van der Waals surface area contributed by atoms with E-state index >= 15 is 0 Å². The molecule has 1 aliphatic heterocycles. The van der Waals surface area contributed by atoms with Crippen LogP contribution in [0.4, 0.5) is 11.6 Å². The second kappa shape index (κ2) is 22.7. The van der Waals surface area contributed by atoms with Crippen LogP contribution in [0.1, 0.15) is 43.7 Å². The summed E-state index contributed by atoms with van der Waals surface area (Å²) in [4.78, 5) is 23.4. The van der Waals surface area contributed by atoms with Crippen LogP contribution in [0.2, 0.25) is 0 Å². The van der Waals surface area contributed by atoms with Crippen molar-refractivity contribution < 1.29 is 32.9 Å². The Morgan fingerprint density at radius 1 is 0.978 bits per heavy atom. The molecular weight excluding hydrogens is 596 g/mol. The molecule has 0 unspecified atom stereocenters. The molecule has 0 atom stereocenters. The van der Waals surface area contributed by atoms with Crippen molar-refractivity contribution in [3.8, 4) is 0 Å². The first-order valence-electron chi connectivity index (χ1n) is 15.7. The molecule has 254 valence electrons. The van der Waals surface area contributed by atoms with Crippen LogP contribution in [0, 0.1) is 5.92 Å². The van der Waals surface area contributed by atoms with Gasteiger partial charge in [-0.1, -0.05) is 19.1 Å². The number of anilines is 1. The summed E-state index contributed by atoms with van der Waals surface area (Å²) >= 11 is 0. The minimum Gasteiger partial charge on any atom is -0.467 e. The number of rotatable bonds is 23. The third-order valence-corrected chi connectivity index (χ3v) is 6.45. The molecule has 1 aliphatic rings. The van der Waals surface area contributed by atoms with Gasteiger partial charge in [0.2, 0.25) is 5.91 Å². The first kappa shape index (κ1) is 36.7. The van der Waals surface area contributed by atoms with Gasteiger partial charge in [-0.3, -0.25) is 9.48 Å². The zero-order valence-electron chi connectivity index (χ0n) is 27.2. The molecule has 3 aromatic heterocycles. The molecule has 46 heavy (non-hydrogen) atoms. The Kier molecular flexibility index (Phi) is 18.1. The molecule has 0 radical (unpaired) electrons. The van der Waals surface area contributed by atoms with Crippen LogP contribution in [-0.2, 0) is 54.6 Å². The van der Waals surface area contributed by atoms with E-state index in [1.165, 1.54) is 6.33 Å². The average molecular weight is 645 g/mol. The molecule has 2 N–H and O–H groups in total. The smallest absolute Gasteiger partial charge is 0.222 e. The maximum atomic E-state index is 11.0. The van der Waals surface area contributed by atoms with Gasteiger partial charge >= 0.3 is 0 Å². The van der Waals surface area contributed by atoms with Crippen LogP contribution < -0.4 is 10.6 Å². The highest BCUT2D eigenvalue weighted by Gasteiger charge is 2.13. The zero-order valence-corrected chi connectivity index (χ0v) is 27.2. The van der Waals surface area contributed by atoms with Crippen molar-refractivity contribution in [2.24, 2.45) is 10.9 Å². The van der Waals surface area contributed by atoms with Crippen molar-refractivity contribution in [3.05, 3.63) is 47.9 Å². The lowest BCUT2D eigenvalue weighted by molar-refractivity contribution is -0.121. The summed E-state index contributed by atoms with van der Waals surface area (Å²) in [5, 5.41) is 14.0. The standard InChI is InChI=1S/C20H38N4O6.C11H10N4O/c1-18(2)4-6-24-16-19(22-23-24)17-30-15-14-29-13-12-28-11-10-27-9-8-26-7-5-20(25)21-3;1-2-8(16-5-1)6-13-11-9-3-4-12-10(9)14-7-15-11/h16,18H,4-15,17H2,1-3H3,(H,21,25);1-2,4-5,7H,3,6H2,(H,13,14,15). The minimum atomic E-state index is -0.0281. The molecule has 0 saturated heterocycles. The van der Waals surface area contributed by atoms with Crippen LogP contribution in [0.15, 0.2) is 40.3 Å². The lowest BCUT2D eigenvalue weighted by Crippen LogP contribution is -2.20. The first-order chi connectivity index (χ1) is 22.5. The third kappa shape index (κ3) is 15.5. The summed E-state index contributed by atoms with van der Waals surface area (Å²) in [6, 6.07) is 3.79. The summed E-state index contributed by atoms with van der Waals surface area (Å²) in [5.74, 6) is 3.09. The number of aliphatic imine (C=N–C) groups is 1. The predicted octanol–water partition coefficient (Wildman–Crippen LogP) is 2.98. The molecule has 0 saturated carbocycles. The topological polar surface area (TPSA) is 169 Å². The minimum absolute atomic E-state index is 0.0281. The molecular formula is C31H48N8O7. The molecule has 0 spiro atoms. The van der Waals surface area contributed by atoms with Gasteiger partial charge in [0, 0.05) is 38.2 Å². The second-order valence-electron chi connectivity index (χ2n) is 10.6. The summed E-state index contributed by atoms with van der Waals surface area (Å²) in [6.45, 7) is 10.7. The number of nitrogens with one attached hydrogen (secondary N) is 2. The van der Waals surface area contributed by atoms with E-state index in [1.54, 1.807) is 13.3 Å². The van der Waals surface area contributed by atoms with Gasteiger partial charge in [0.1, 0.15) is 23.6 Å². The SMILES string of the molecule is C1=Nc2ncnc(NCc3ccco3)c2C1.CNC(=O)CCOCCOCCOCCOCCOCc1cn(CCC(C)C)nn1. The summed E-state index contributed by atoms with van der Waals surface area (Å²) in [5.41, 5.74) is 1.88. The Morgan fingerprint density at radius 3 is 2.33 bits per heavy atom. The van der Waals surface area contributed by atoms with Gasteiger partial charge in [-0.25, -0.2) is 15.0 Å². The largest absolute Gasteiger partial charge is 0.467 e. The maximum absolute atomic E-state index is 11.0. The molecule has 0 aromatic carbocycles. The number of carbonyl (C=O) groups excluding carboxylic acids is 1. The molecule has 0 aliphatic carbocycles. The van der Waals surface area contributed by atoms with Crippen molar-refractivity contribution in [2.75, 3.05) is 71.8 Å². The third-order valence-electron chi connectivity index (χ3n) is 6.45. The van der Waals surface area contributed by atoms with E-state index in [1.807, 2.05) is 29.2 Å². The number of hydrogen-bond donors (Lipinski definition) is 2. The number of hydrogen-bond acceptors (Lipinski definition) is 13. The molecule has 15 heteroatoms. The van der Waals surface area contributed by atoms with E-state index in [9.17, 15) is 4.79 Å². The normalized spacial score (nSPS) is 11.8. The predicted molar refractivity (Wildman–Crippen MR) is 171 cm³/mol. The van der Waals surface area contributed by atoms with E-state index in [0.717, 1.165) is 48.0 Å². The Labute approximate surface area is 270 Å². The fourth-order valence-electron chi connectivity index (χ4n) is 3.91. The van der Waals surface area contributed by atoms with Gasteiger partial charge in [-0.15, -0.1) is 5.10 Å². The van der Waals surface area contributed by atoms with E-state index in [2.05, 4.69) is 49.8 Å². The van der Waals surface area contributed by atoms with Crippen molar-refractivity contribution in [1.82, 2.24) is 30.3 Å². The van der Waals surface area contributed by atoms with Gasteiger partial charge in [0.05, 0.1) is 85.1 Å². The number of ether oxygens (including phenoxy) is 5. The van der Waals surface area contributed by atoms with Crippen LogP contribution in [-0.4, -0.2) is 104 Å². The molecule has 0 fully saturated rings. The van der Waals surface area contributed by atoms with Crippen molar-refractivity contribution in [1.29, 1.82) is 0 Å². The van der Waals surface area contributed by atoms with Crippen molar-refractivity contribution in [2.45, 2.75) is 52.8 Å². The van der Waals surface area contributed by atoms with Crippen LogP contribution in [0.5, 0.6) is 0 Å². The Hall–Kier alpha value is -3.76. The highest BCUT2D eigenvalue weighted by atomic mass is 16.6. The number of aryl methyl sites for hydroxylation is 1. The highest BCUT2D eigenvalue weighted by molar-refractivity contribution is 5.77. The zero-order chi connectivity index (χ0) is 32.7. The van der Waals surface area contributed by atoms with E-state index in [-0.39, 0.29) is 5.91 Å². The summed E-state index contributed by atoms with van der Waals surface area (Å²) in [7, 11) is 1.61. The maximum Gasteiger partial charge on any atom is 0.222 e. The number of nitrogens with zero attached hydrogens (tertiary/aromatic N) is 6. The van der Waals surface area contributed by atoms with Crippen LogP contribution in [0.25, 0.3) is 0 Å². The lowest BCUT2D eigenvalue weighted by Gasteiger charge is -2.07. The Balaban J connectivity index is 0.000000297. The number of amides is 1. The Morgan fingerprint density at radius 2 is 1.67 bits per heavy atom. The van der Waals surface area contributed by atoms with Gasteiger partial charge in [0.25, 0.3) is 0 Å². The van der Waals surface area contributed by atoms with Gasteiger partial charge < -0.3 is 38.7 Å². The van der Waals surface area contributed by atoms with Crippen molar-refractivity contribution >= 4 is 23.8 Å².